The standard InChI is InChI=1S/C16H14F6N2O2S2/c17-15(18,19)27(25)13-6-4-11(5-7-13)9-23-24-10-12-2-1-3-14(8-12)28(26)16(20,21)22/h1-8,23-24H,9-10H2. The third kappa shape index (κ3) is 6.40. The number of benzene rings is 2. The Kier molecular flexibility index (Phi) is 7.37. The van der Waals surface area contributed by atoms with Gasteiger partial charge in [0.2, 0.25) is 0 Å². The van der Waals surface area contributed by atoms with Gasteiger partial charge in [0.1, 0.15) is 0 Å². The second-order valence-electron chi connectivity index (χ2n) is 5.43. The van der Waals surface area contributed by atoms with Gasteiger partial charge in [-0.3, -0.25) is 10.9 Å². The van der Waals surface area contributed by atoms with Gasteiger partial charge in [-0.15, -0.1) is 0 Å². The van der Waals surface area contributed by atoms with E-state index in [9.17, 15) is 34.8 Å². The first-order valence-electron chi connectivity index (χ1n) is 7.59. The fraction of sp³-hybridized carbons (Fsp3) is 0.250. The van der Waals surface area contributed by atoms with Crippen LogP contribution in [0.4, 0.5) is 26.3 Å². The summed E-state index contributed by atoms with van der Waals surface area (Å²) in [6.45, 7) is 0.326. The van der Waals surface area contributed by atoms with Crippen molar-refractivity contribution in [2.75, 3.05) is 0 Å². The van der Waals surface area contributed by atoms with E-state index in [1.807, 2.05) is 0 Å². The van der Waals surface area contributed by atoms with Gasteiger partial charge in [0.25, 0.3) is 0 Å². The molecule has 0 heterocycles. The summed E-state index contributed by atoms with van der Waals surface area (Å²) in [4.78, 5) is -0.723. The molecule has 154 valence electrons. The summed E-state index contributed by atoms with van der Waals surface area (Å²) in [5.74, 6) is 0. The van der Waals surface area contributed by atoms with E-state index in [2.05, 4.69) is 10.9 Å². The van der Waals surface area contributed by atoms with E-state index in [1.165, 1.54) is 24.3 Å². The molecule has 0 spiro atoms. The third-order valence-electron chi connectivity index (χ3n) is 3.38. The summed E-state index contributed by atoms with van der Waals surface area (Å²) in [6, 6.07) is 10.2. The molecule has 0 saturated heterocycles. The molecule has 4 nitrogen and oxygen atoms in total. The van der Waals surface area contributed by atoms with E-state index in [0.29, 0.717) is 11.1 Å². The quantitative estimate of drug-likeness (QED) is 0.388. The van der Waals surface area contributed by atoms with Crippen molar-refractivity contribution in [3.8, 4) is 0 Å². The van der Waals surface area contributed by atoms with E-state index in [0.717, 1.165) is 18.2 Å². The average molecular weight is 444 g/mol. The molecule has 0 radical (unpaired) electrons. The van der Waals surface area contributed by atoms with Crippen molar-refractivity contribution >= 4 is 21.6 Å². The molecule has 0 aliphatic heterocycles. The number of nitrogens with one attached hydrogen (secondary N) is 2. The predicted molar refractivity (Wildman–Crippen MR) is 91.5 cm³/mol. The Morgan fingerprint density at radius 1 is 0.679 bits per heavy atom. The zero-order chi connectivity index (χ0) is 20.9. The molecular weight excluding hydrogens is 430 g/mol. The summed E-state index contributed by atoms with van der Waals surface area (Å²) >= 11 is 0. The van der Waals surface area contributed by atoms with E-state index in [1.54, 1.807) is 6.07 Å². The second kappa shape index (κ2) is 9.16. The zero-order valence-corrected chi connectivity index (χ0v) is 15.6. The lowest BCUT2D eigenvalue weighted by Gasteiger charge is -2.10. The topological polar surface area (TPSA) is 58.2 Å². The Morgan fingerprint density at radius 3 is 1.71 bits per heavy atom. The van der Waals surface area contributed by atoms with Crippen LogP contribution >= 0.6 is 0 Å². The monoisotopic (exact) mass is 444 g/mol. The lowest BCUT2D eigenvalue weighted by Crippen LogP contribution is -2.30. The van der Waals surface area contributed by atoms with Crippen LogP contribution in [0.3, 0.4) is 0 Å². The maximum atomic E-state index is 12.5. The van der Waals surface area contributed by atoms with Gasteiger partial charge in [0, 0.05) is 22.9 Å². The molecule has 2 atom stereocenters. The zero-order valence-electron chi connectivity index (χ0n) is 13.9. The summed E-state index contributed by atoms with van der Waals surface area (Å²) in [5, 5.41) is 0. The first kappa shape index (κ1) is 22.5. The maximum Gasteiger partial charge on any atom is 0.475 e. The van der Waals surface area contributed by atoms with Crippen molar-refractivity contribution in [1.82, 2.24) is 10.9 Å². The van der Waals surface area contributed by atoms with Gasteiger partial charge in [-0.2, -0.15) is 26.3 Å². The lowest BCUT2D eigenvalue weighted by molar-refractivity contribution is -0.0392. The van der Waals surface area contributed by atoms with E-state index < -0.39 is 32.6 Å². The molecule has 0 aliphatic rings. The number of hydrogen-bond acceptors (Lipinski definition) is 4. The number of alkyl halides is 6. The largest absolute Gasteiger partial charge is 0.475 e. The molecule has 0 bridgehead atoms. The summed E-state index contributed by atoms with van der Waals surface area (Å²) in [6.07, 6.45) is 0. The van der Waals surface area contributed by atoms with Gasteiger partial charge in [-0.05, 0) is 35.4 Å². The molecule has 0 amide bonds. The molecule has 0 aromatic heterocycles. The summed E-state index contributed by atoms with van der Waals surface area (Å²) in [5.41, 5.74) is -3.10. The van der Waals surface area contributed by atoms with Crippen LogP contribution in [0.5, 0.6) is 0 Å². The van der Waals surface area contributed by atoms with Crippen LogP contribution < -0.4 is 10.9 Å². The minimum atomic E-state index is -4.84. The predicted octanol–water partition coefficient (Wildman–Crippen LogP) is 3.74. The third-order valence-corrected chi connectivity index (χ3v) is 5.60. The fourth-order valence-corrected chi connectivity index (χ4v) is 3.48. The van der Waals surface area contributed by atoms with Crippen molar-refractivity contribution < 1.29 is 34.8 Å². The number of hydrogen-bond donors (Lipinski definition) is 2. The van der Waals surface area contributed by atoms with Crippen LogP contribution in [0, 0.1) is 0 Å². The van der Waals surface area contributed by atoms with Crippen LogP contribution in [0.25, 0.3) is 0 Å². The number of halogens is 6. The van der Waals surface area contributed by atoms with Crippen molar-refractivity contribution in [1.29, 1.82) is 0 Å². The molecule has 2 aromatic carbocycles. The van der Waals surface area contributed by atoms with E-state index in [-0.39, 0.29) is 22.9 Å². The van der Waals surface area contributed by atoms with Gasteiger partial charge < -0.3 is 0 Å². The molecule has 12 heteroatoms. The Bertz CT molecular complexity index is 853. The highest BCUT2D eigenvalue weighted by Gasteiger charge is 2.38. The summed E-state index contributed by atoms with van der Waals surface area (Å²) < 4.78 is 97.2. The highest BCUT2D eigenvalue weighted by Crippen LogP contribution is 2.27. The molecule has 0 saturated carbocycles. The van der Waals surface area contributed by atoms with Crippen LogP contribution in [0.1, 0.15) is 11.1 Å². The SMILES string of the molecule is O=S(c1ccc(CNNCc2cccc(S(=O)C(F)(F)F)c2)cc1)C(F)(F)F. The first-order valence-corrected chi connectivity index (χ1v) is 9.89. The van der Waals surface area contributed by atoms with Crippen molar-refractivity contribution in [2.24, 2.45) is 0 Å². The maximum absolute atomic E-state index is 12.5. The molecule has 0 fully saturated rings. The van der Waals surface area contributed by atoms with Crippen molar-refractivity contribution in [3.05, 3.63) is 59.7 Å². The highest BCUT2D eigenvalue weighted by atomic mass is 32.2. The minimum Gasteiger partial charge on any atom is -0.253 e. The first-order chi connectivity index (χ1) is 13.0. The average Bonchev–Trinajstić information content (AvgIpc) is 2.63. The number of rotatable bonds is 7. The Morgan fingerprint density at radius 2 is 1.18 bits per heavy atom. The molecule has 28 heavy (non-hydrogen) atoms. The highest BCUT2D eigenvalue weighted by molar-refractivity contribution is 7.86. The smallest absolute Gasteiger partial charge is 0.253 e. The Labute approximate surface area is 161 Å². The Hall–Kier alpha value is -1.76. The molecule has 2 aromatic rings. The fourth-order valence-electron chi connectivity index (χ4n) is 2.10. The number of hydrazine groups is 1. The normalized spacial score (nSPS) is 14.6. The van der Waals surface area contributed by atoms with Crippen LogP contribution in [0.2, 0.25) is 0 Å². The minimum absolute atomic E-state index is 0.124. The van der Waals surface area contributed by atoms with Gasteiger partial charge in [-0.25, -0.2) is 8.42 Å². The van der Waals surface area contributed by atoms with Crippen LogP contribution in [-0.2, 0) is 34.7 Å². The Balaban J connectivity index is 1.86. The molecule has 2 rings (SSSR count). The van der Waals surface area contributed by atoms with Gasteiger partial charge >= 0.3 is 11.0 Å². The van der Waals surface area contributed by atoms with Crippen molar-refractivity contribution in [2.45, 2.75) is 33.9 Å². The van der Waals surface area contributed by atoms with Gasteiger partial charge in [0.15, 0.2) is 21.6 Å². The summed E-state index contributed by atoms with van der Waals surface area (Å²) in [7, 11) is -6.21. The van der Waals surface area contributed by atoms with Crippen molar-refractivity contribution in [3.63, 3.8) is 0 Å². The van der Waals surface area contributed by atoms with Gasteiger partial charge in [0.05, 0.1) is 0 Å². The second-order valence-corrected chi connectivity index (χ2v) is 8.37. The van der Waals surface area contributed by atoms with E-state index in [4.69, 9.17) is 0 Å². The van der Waals surface area contributed by atoms with Crippen LogP contribution in [-0.4, -0.2) is 19.4 Å². The molecular formula is C16H14F6N2O2S2. The van der Waals surface area contributed by atoms with Crippen LogP contribution in [0.15, 0.2) is 58.3 Å². The molecule has 2 unspecified atom stereocenters. The lowest BCUT2D eigenvalue weighted by atomic mass is 10.2. The van der Waals surface area contributed by atoms with Gasteiger partial charge in [-0.1, -0.05) is 24.3 Å². The molecule has 2 N–H and O–H groups in total. The van der Waals surface area contributed by atoms with E-state index >= 15 is 0 Å². The molecule has 0 aliphatic carbocycles.